The molecule has 2 aliphatic heterocycles. The lowest BCUT2D eigenvalue weighted by molar-refractivity contribution is 0.0492. The summed E-state index contributed by atoms with van der Waals surface area (Å²) in [5.74, 6) is 0.838. The maximum atomic E-state index is 13.1. The summed E-state index contributed by atoms with van der Waals surface area (Å²) in [6, 6.07) is 14.3. The number of rotatable bonds is 10. The van der Waals surface area contributed by atoms with Crippen molar-refractivity contribution in [1.29, 1.82) is 0 Å². The summed E-state index contributed by atoms with van der Waals surface area (Å²) in [7, 11) is 2.12. The van der Waals surface area contributed by atoms with Crippen LogP contribution in [0.25, 0.3) is 0 Å². The van der Waals surface area contributed by atoms with Gasteiger partial charge in [0.1, 0.15) is 5.75 Å². The van der Waals surface area contributed by atoms with Gasteiger partial charge >= 0.3 is 0 Å². The fourth-order valence-electron chi connectivity index (χ4n) is 4.93. The van der Waals surface area contributed by atoms with Gasteiger partial charge in [0.15, 0.2) is 0 Å². The summed E-state index contributed by atoms with van der Waals surface area (Å²) in [5, 5.41) is 10.8. The van der Waals surface area contributed by atoms with Crippen molar-refractivity contribution in [3.8, 4) is 5.75 Å². The molecule has 2 aromatic rings. The van der Waals surface area contributed by atoms with Crippen LogP contribution in [-0.2, 0) is 19.4 Å². The summed E-state index contributed by atoms with van der Waals surface area (Å²) in [6.45, 7) is 9.68. The van der Waals surface area contributed by atoms with Crippen LogP contribution in [0.3, 0.4) is 0 Å². The third-order valence-electron chi connectivity index (χ3n) is 7.15. The van der Waals surface area contributed by atoms with Crippen LogP contribution in [0.5, 0.6) is 5.75 Å². The normalized spacial score (nSPS) is 17.9. The van der Waals surface area contributed by atoms with Crippen LogP contribution in [0.2, 0.25) is 0 Å². The van der Waals surface area contributed by atoms with Gasteiger partial charge in [-0.2, -0.15) is 0 Å². The minimum atomic E-state index is -0.555. The summed E-state index contributed by atoms with van der Waals surface area (Å²) in [5.41, 5.74) is 4.52. The largest absolute Gasteiger partial charge is 0.491 e. The number of aliphatic hydroxyl groups excluding tert-OH is 1. The smallest absolute Gasteiger partial charge is 0.254 e. The predicted molar refractivity (Wildman–Crippen MR) is 135 cm³/mol. The van der Waals surface area contributed by atoms with Crippen LogP contribution in [-0.4, -0.2) is 84.2 Å². The third kappa shape index (κ3) is 6.17. The quantitative estimate of drug-likeness (QED) is 0.584. The second-order valence-corrected chi connectivity index (χ2v) is 9.84. The van der Waals surface area contributed by atoms with E-state index < -0.39 is 6.10 Å². The third-order valence-corrected chi connectivity index (χ3v) is 7.15. The number of hydrogen-bond acceptors (Lipinski definition) is 5. The van der Waals surface area contributed by atoms with Crippen LogP contribution in [0.4, 0.5) is 0 Å². The molecule has 2 atom stereocenters. The van der Waals surface area contributed by atoms with Crippen molar-refractivity contribution in [3.05, 3.63) is 64.7 Å². The number of aliphatic hydroxyl groups is 1. The van der Waals surface area contributed by atoms with E-state index in [1.807, 2.05) is 18.2 Å². The Bertz CT molecular complexity index is 979. The number of β-amino-alcohol motifs (C(OH)–C–C–N with tert-alkyl or cyclic N) is 1. The highest BCUT2D eigenvalue weighted by Crippen LogP contribution is 2.25. The molecule has 2 aliphatic rings. The molecule has 1 N–H and O–H groups in total. The van der Waals surface area contributed by atoms with Gasteiger partial charge in [0.25, 0.3) is 5.91 Å². The Balaban J connectivity index is 1.29. The molecule has 0 bridgehead atoms. The van der Waals surface area contributed by atoms with E-state index in [0.29, 0.717) is 19.6 Å². The van der Waals surface area contributed by atoms with E-state index in [1.54, 1.807) is 4.90 Å². The van der Waals surface area contributed by atoms with Gasteiger partial charge in [0, 0.05) is 44.8 Å². The van der Waals surface area contributed by atoms with Gasteiger partial charge in [-0.25, -0.2) is 0 Å². The minimum absolute atomic E-state index is 0.00783. The van der Waals surface area contributed by atoms with Crippen molar-refractivity contribution in [2.24, 2.45) is 0 Å². The topological polar surface area (TPSA) is 56.2 Å². The Morgan fingerprint density at radius 2 is 1.82 bits per heavy atom. The van der Waals surface area contributed by atoms with Gasteiger partial charge in [0.05, 0.1) is 12.2 Å². The Morgan fingerprint density at radius 1 is 1.06 bits per heavy atom. The van der Waals surface area contributed by atoms with Gasteiger partial charge < -0.3 is 19.6 Å². The molecule has 6 heteroatoms. The van der Waals surface area contributed by atoms with Gasteiger partial charge in [-0.15, -0.1) is 0 Å². The van der Waals surface area contributed by atoms with Gasteiger partial charge in [-0.1, -0.05) is 31.2 Å². The molecule has 6 nitrogen and oxygen atoms in total. The molecule has 2 heterocycles. The molecule has 4 rings (SSSR count). The van der Waals surface area contributed by atoms with E-state index in [-0.39, 0.29) is 12.0 Å². The van der Waals surface area contributed by atoms with E-state index in [2.05, 4.69) is 55.0 Å². The number of hydrogen-bond donors (Lipinski definition) is 1. The molecule has 0 aliphatic carbocycles. The van der Waals surface area contributed by atoms with Gasteiger partial charge in [-0.3, -0.25) is 9.69 Å². The first-order chi connectivity index (χ1) is 16.4. The first kappa shape index (κ1) is 24.7. The number of ether oxygens (including phenoxy) is 1. The molecular formula is C28H39N3O3. The highest BCUT2D eigenvalue weighted by atomic mass is 16.5. The molecule has 34 heavy (non-hydrogen) atoms. The van der Waals surface area contributed by atoms with Crippen molar-refractivity contribution < 1.29 is 14.6 Å². The monoisotopic (exact) mass is 465 g/mol. The van der Waals surface area contributed by atoms with Crippen molar-refractivity contribution >= 4 is 5.91 Å². The zero-order valence-electron chi connectivity index (χ0n) is 20.9. The summed E-state index contributed by atoms with van der Waals surface area (Å²) in [6.07, 6.45) is 2.33. The van der Waals surface area contributed by atoms with Gasteiger partial charge in [-0.05, 0) is 74.7 Å². The summed E-state index contributed by atoms with van der Waals surface area (Å²) in [4.78, 5) is 19.5. The maximum absolute atomic E-state index is 13.1. The SMILES string of the molecule is CCN(C)CCC(C)Oc1ccc2c(c1)CCN(CC(O)CN1CCc3ccccc3C1)C2=O. The number of benzene rings is 2. The molecule has 0 saturated carbocycles. The van der Waals surface area contributed by atoms with E-state index >= 15 is 0 Å². The number of fused-ring (bicyclic) bond motifs is 2. The number of amides is 1. The highest BCUT2D eigenvalue weighted by Gasteiger charge is 2.27. The molecular weight excluding hydrogens is 426 g/mol. The molecule has 2 aromatic carbocycles. The molecule has 1 amide bonds. The number of carbonyl (C=O) groups is 1. The Morgan fingerprint density at radius 3 is 2.62 bits per heavy atom. The van der Waals surface area contributed by atoms with Crippen LogP contribution in [0.15, 0.2) is 42.5 Å². The zero-order valence-corrected chi connectivity index (χ0v) is 20.9. The van der Waals surface area contributed by atoms with Gasteiger partial charge in [0.2, 0.25) is 0 Å². The molecule has 0 fully saturated rings. The second kappa shape index (κ2) is 11.3. The Hall–Kier alpha value is -2.41. The second-order valence-electron chi connectivity index (χ2n) is 9.84. The standard InChI is InChI=1S/C28H39N3O3/c1-4-29(3)14-11-21(2)34-26-9-10-27-23(17-26)13-16-31(28(27)33)20-25(32)19-30-15-12-22-7-5-6-8-24(22)18-30/h5-10,17,21,25,32H,4,11-16,18-20H2,1-3H3. The van der Waals surface area contributed by atoms with Crippen molar-refractivity contribution in [2.75, 3.05) is 46.3 Å². The molecule has 0 aromatic heterocycles. The fraction of sp³-hybridized carbons (Fsp3) is 0.536. The van der Waals surface area contributed by atoms with Crippen LogP contribution >= 0.6 is 0 Å². The average molecular weight is 466 g/mol. The molecule has 0 radical (unpaired) electrons. The average Bonchev–Trinajstić information content (AvgIpc) is 2.84. The number of nitrogens with zero attached hydrogens (tertiary/aromatic N) is 3. The Labute approximate surface area is 204 Å². The Kier molecular flexibility index (Phi) is 8.24. The predicted octanol–water partition coefficient (Wildman–Crippen LogP) is 3.21. The lowest BCUT2D eigenvalue weighted by Crippen LogP contribution is -2.46. The van der Waals surface area contributed by atoms with Crippen LogP contribution in [0, 0.1) is 0 Å². The first-order valence-corrected chi connectivity index (χ1v) is 12.7. The van der Waals surface area contributed by atoms with Crippen molar-refractivity contribution in [1.82, 2.24) is 14.7 Å². The zero-order chi connectivity index (χ0) is 24.1. The highest BCUT2D eigenvalue weighted by molar-refractivity contribution is 5.97. The van der Waals surface area contributed by atoms with Crippen LogP contribution in [0.1, 0.15) is 47.3 Å². The van der Waals surface area contributed by atoms with E-state index in [9.17, 15) is 9.90 Å². The van der Waals surface area contributed by atoms with E-state index in [0.717, 1.165) is 62.3 Å². The van der Waals surface area contributed by atoms with Crippen molar-refractivity contribution in [2.45, 2.75) is 51.9 Å². The maximum Gasteiger partial charge on any atom is 0.254 e. The lowest BCUT2D eigenvalue weighted by atomic mass is 9.98. The fourth-order valence-corrected chi connectivity index (χ4v) is 4.93. The van der Waals surface area contributed by atoms with E-state index in [1.165, 1.54) is 11.1 Å². The minimum Gasteiger partial charge on any atom is -0.491 e. The first-order valence-electron chi connectivity index (χ1n) is 12.7. The molecule has 0 spiro atoms. The molecule has 0 saturated heterocycles. The summed E-state index contributed by atoms with van der Waals surface area (Å²) >= 11 is 0. The molecule has 184 valence electrons. The van der Waals surface area contributed by atoms with E-state index in [4.69, 9.17) is 4.74 Å². The lowest BCUT2D eigenvalue weighted by Gasteiger charge is -2.34. The molecule has 2 unspecified atom stereocenters. The van der Waals surface area contributed by atoms with Crippen molar-refractivity contribution in [3.63, 3.8) is 0 Å². The van der Waals surface area contributed by atoms with Crippen LogP contribution < -0.4 is 4.74 Å². The summed E-state index contributed by atoms with van der Waals surface area (Å²) < 4.78 is 6.11. The number of carbonyl (C=O) groups excluding carboxylic acids is 1.